The third-order valence-electron chi connectivity index (χ3n) is 7.29. The van der Waals surface area contributed by atoms with E-state index in [0.717, 1.165) is 30.4 Å². The summed E-state index contributed by atoms with van der Waals surface area (Å²) in [4.78, 5) is 17.9. The number of aliphatic carboxylic acids is 1. The molecule has 0 spiro atoms. The minimum atomic E-state index is -1.14. The van der Waals surface area contributed by atoms with Crippen LogP contribution in [-0.2, 0) is 4.79 Å². The Balaban J connectivity index is 1.40. The second kappa shape index (κ2) is 13.3. The number of carbonyl (C=O) groups is 1. The number of rotatable bonds is 9. The first-order valence-electron chi connectivity index (χ1n) is 12.8. The van der Waals surface area contributed by atoms with Crippen LogP contribution in [-0.4, -0.2) is 47.7 Å². The quantitative estimate of drug-likeness (QED) is 0.282. The Morgan fingerprint density at radius 1 is 1.24 bits per heavy atom. The van der Waals surface area contributed by atoms with Crippen LogP contribution >= 0.6 is 23.2 Å². The van der Waals surface area contributed by atoms with E-state index in [-0.39, 0.29) is 18.3 Å². The average molecular weight is 557 g/mol. The van der Waals surface area contributed by atoms with Crippen LogP contribution in [0.25, 0.3) is 10.9 Å². The van der Waals surface area contributed by atoms with Gasteiger partial charge in [-0.2, -0.15) is 0 Å². The van der Waals surface area contributed by atoms with E-state index < -0.39 is 12.1 Å². The van der Waals surface area contributed by atoms with E-state index in [2.05, 4.69) is 21.7 Å². The van der Waals surface area contributed by atoms with Gasteiger partial charge in [-0.05, 0) is 86.0 Å². The van der Waals surface area contributed by atoms with Crippen molar-refractivity contribution in [1.29, 1.82) is 0 Å². The van der Waals surface area contributed by atoms with Crippen molar-refractivity contribution in [2.45, 2.75) is 38.3 Å². The van der Waals surface area contributed by atoms with Gasteiger partial charge in [0.05, 0.1) is 29.2 Å². The van der Waals surface area contributed by atoms with Crippen LogP contribution in [0.1, 0.15) is 49.4 Å². The van der Waals surface area contributed by atoms with Gasteiger partial charge in [0.15, 0.2) is 0 Å². The van der Waals surface area contributed by atoms with Crippen molar-refractivity contribution in [2.75, 3.05) is 26.7 Å². The normalized spacial score (nSPS) is 18.5. The third kappa shape index (κ3) is 7.17. The Morgan fingerprint density at radius 3 is 2.87 bits per heavy atom. The Labute approximate surface area is 232 Å². The van der Waals surface area contributed by atoms with E-state index >= 15 is 4.39 Å². The number of pyridine rings is 1. The molecule has 2 heterocycles. The predicted octanol–water partition coefficient (Wildman–Crippen LogP) is 7.20. The molecule has 0 aliphatic carbocycles. The van der Waals surface area contributed by atoms with Crippen molar-refractivity contribution in [1.82, 2.24) is 9.88 Å². The molecule has 38 heavy (non-hydrogen) atoms. The van der Waals surface area contributed by atoms with Gasteiger partial charge >= 0.3 is 5.97 Å². The number of likely N-dealkylation sites (tertiary alicyclic amines) is 1. The van der Waals surface area contributed by atoms with Crippen LogP contribution in [0.3, 0.4) is 0 Å². The minimum Gasteiger partial charge on any atom is -0.497 e. The number of fused-ring (bicyclic) bond motifs is 1. The number of piperidine rings is 1. The summed E-state index contributed by atoms with van der Waals surface area (Å²) in [6.07, 6.45) is 3.11. The predicted molar refractivity (Wildman–Crippen MR) is 150 cm³/mol. The van der Waals surface area contributed by atoms with E-state index in [1.165, 1.54) is 0 Å². The molecule has 1 N–H and O–H groups in total. The monoisotopic (exact) mass is 556 g/mol. The maximum Gasteiger partial charge on any atom is 0.303 e. The van der Waals surface area contributed by atoms with Crippen molar-refractivity contribution in [3.05, 3.63) is 69.8 Å². The number of methoxy groups -OCH3 is 1. The van der Waals surface area contributed by atoms with Gasteiger partial charge in [-0.3, -0.25) is 14.7 Å². The van der Waals surface area contributed by atoms with E-state index in [1.807, 2.05) is 30.3 Å². The van der Waals surface area contributed by atoms with Crippen LogP contribution in [0.5, 0.6) is 5.75 Å². The molecule has 3 atom stereocenters. The zero-order chi connectivity index (χ0) is 27.1. The molecule has 1 saturated heterocycles. The smallest absolute Gasteiger partial charge is 0.303 e. The third-order valence-corrected chi connectivity index (χ3v) is 8.11. The maximum absolute atomic E-state index is 15.6. The lowest BCUT2D eigenvalue weighted by Crippen LogP contribution is -2.41. The zero-order valence-electron chi connectivity index (χ0n) is 21.3. The van der Waals surface area contributed by atoms with Gasteiger partial charge in [0.25, 0.3) is 0 Å². The standard InChI is InChI=1S/C30H31Cl2FN2O3/c1-38-23-9-11-28-25(18-23)24(13-15-34-28)27(33)10-7-20-14-17-35(19-22(20)8-12-29(36)37)16-3-5-21-4-2-6-26(31)30(21)32/h2,4,6,9,11,13,15,18,20,22,27H,7-8,10,12,14,16-17,19H2,1H3,(H,36,37)/t20?,22?,27-/m0/s1. The summed E-state index contributed by atoms with van der Waals surface area (Å²) in [6.45, 7) is 2.12. The number of hydrogen-bond acceptors (Lipinski definition) is 4. The van der Waals surface area contributed by atoms with Gasteiger partial charge in [0.1, 0.15) is 11.9 Å². The number of nitrogens with zero attached hydrogens (tertiary/aromatic N) is 2. The molecule has 0 bridgehead atoms. The molecule has 2 aromatic carbocycles. The van der Waals surface area contributed by atoms with Crippen molar-refractivity contribution < 1.29 is 19.0 Å². The van der Waals surface area contributed by atoms with E-state index in [4.69, 9.17) is 27.9 Å². The summed E-state index contributed by atoms with van der Waals surface area (Å²) in [6, 6.07) is 12.6. The molecule has 1 aromatic heterocycles. The molecule has 1 fully saturated rings. The van der Waals surface area contributed by atoms with E-state index in [0.29, 0.717) is 52.7 Å². The first kappa shape index (κ1) is 28.2. The molecule has 1 aliphatic rings. The highest BCUT2D eigenvalue weighted by atomic mass is 35.5. The Bertz CT molecular complexity index is 1340. The molecular formula is C30H31Cl2FN2O3. The fourth-order valence-corrected chi connectivity index (χ4v) is 5.57. The number of benzene rings is 2. The Kier molecular flexibility index (Phi) is 9.85. The Morgan fingerprint density at radius 2 is 2.08 bits per heavy atom. The molecule has 2 unspecified atom stereocenters. The van der Waals surface area contributed by atoms with Crippen molar-refractivity contribution in [3.63, 3.8) is 0 Å². The van der Waals surface area contributed by atoms with E-state index in [1.54, 1.807) is 25.4 Å². The first-order chi connectivity index (χ1) is 18.4. The van der Waals surface area contributed by atoms with Gasteiger partial charge < -0.3 is 9.84 Å². The second-order valence-electron chi connectivity index (χ2n) is 9.71. The summed E-state index contributed by atoms with van der Waals surface area (Å²) in [5.74, 6) is 6.55. The zero-order valence-corrected chi connectivity index (χ0v) is 22.8. The number of ether oxygens (including phenoxy) is 1. The van der Waals surface area contributed by atoms with Gasteiger partial charge in [-0.1, -0.05) is 41.1 Å². The number of aromatic nitrogens is 1. The molecule has 200 valence electrons. The summed E-state index contributed by atoms with van der Waals surface area (Å²) in [7, 11) is 1.59. The molecule has 3 aromatic rings. The number of carboxylic acids is 1. The van der Waals surface area contributed by atoms with Gasteiger partial charge in [-0.25, -0.2) is 4.39 Å². The van der Waals surface area contributed by atoms with Gasteiger partial charge in [-0.15, -0.1) is 0 Å². The highest BCUT2D eigenvalue weighted by Crippen LogP contribution is 2.36. The number of alkyl halides is 1. The summed E-state index contributed by atoms with van der Waals surface area (Å²) >= 11 is 12.3. The molecule has 4 rings (SSSR count). The molecular weight excluding hydrogens is 526 g/mol. The fraction of sp³-hybridized carbons (Fsp3) is 0.400. The number of carboxylic acid groups (broad SMARTS) is 1. The van der Waals surface area contributed by atoms with Crippen molar-refractivity contribution in [2.24, 2.45) is 11.8 Å². The molecule has 0 saturated carbocycles. The minimum absolute atomic E-state index is 0.104. The van der Waals surface area contributed by atoms with Crippen molar-refractivity contribution >= 4 is 40.1 Å². The van der Waals surface area contributed by atoms with Crippen LogP contribution < -0.4 is 4.74 Å². The Hall–Kier alpha value is -2.85. The highest BCUT2D eigenvalue weighted by molar-refractivity contribution is 6.42. The lowest BCUT2D eigenvalue weighted by molar-refractivity contribution is -0.137. The SMILES string of the molecule is COc1ccc2nccc([C@@H](F)CCC3CCN(CC#Cc4cccc(Cl)c4Cl)CC3CCC(=O)O)c2c1. The lowest BCUT2D eigenvalue weighted by Gasteiger charge is -2.38. The molecule has 8 heteroatoms. The lowest BCUT2D eigenvalue weighted by atomic mass is 9.79. The molecule has 1 aliphatic heterocycles. The summed E-state index contributed by atoms with van der Waals surface area (Å²) < 4.78 is 20.9. The fourth-order valence-electron chi connectivity index (χ4n) is 5.23. The van der Waals surface area contributed by atoms with Crippen LogP contribution in [0.15, 0.2) is 48.7 Å². The van der Waals surface area contributed by atoms with Crippen molar-refractivity contribution in [3.8, 4) is 17.6 Å². The molecule has 5 nitrogen and oxygen atoms in total. The second-order valence-corrected chi connectivity index (χ2v) is 10.5. The highest BCUT2D eigenvalue weighted by Gasteiger charge is 2.30. The first-order valence-corrected chi connectivity index (χ1v) is 13.5. The van der Waals surface area contributed by atoms with Gasteiger partial charge in [0, 0.05) is 30.1 Å². The van der Waals surface area contributed by atoms with Gasteiger partial charge in [0.2, 0.25) is 0 Å². The number of hydrogen-bond donors (Lipinski definition) is 1. The van der Waals surface area contributed by atoms with Crippen LogP contribution in [0, 0.1) is 23.7 Å². The molecule has 0 radical (unpaired) electrons. The summed E-state index contributed by atoms with van der Waals surface area (Å²) in [5, 5.41) is 11.0. The summed E-state index contributed by atoms with van der Waals surface area (Å²) in [5.41, 5.74) is 2.04. The largest absolute Gasteiger partial charge is 0.497 e. The maximum atomic E-state index is 15.6. The number of halogens is 3. The topological polar surface area (TPSA) is 62.7 Å². The average Bonchev–Trinajstić information content (AvgIpc) is 2.92. The molecule has 0 amide bonds. The van der Waals surface area contributed by atoms with Crippen LogP contribution in [0.4, 0.5) is 4.39 Å². The van der Waals surface area contributed by atoms with E-state index in [9.17, 15) is 9.90 Å². The van der Waals surface area contributed by atoms with Crippen LogP contribution in [0.2, 0.25) is 10.0 Å².